The van der Waals surface area contributed by atoms with E-state index in [0.717, 1.165) is 22.5 Å². The molecule has 0 saturated heterocycles. The van der Waals surface area contributed by atoms with Crippen LogP contribution in [-0.2, 0) is 0 Å². The first-order valence-electron chi connectivity index (χ1n) is 9.64. The van der Waals surface area contributed by atoms with Gasteiger partial charge < -0.3 is 4.57 Å². The zero-order chi connectivity index (χ0) is 19.1. The smallest absolute Gasteiger partial charge is 0.230 e. The van der Waals surface area contributed by atoms with Gasteiger partial charge in [-0.3, -0.25) is 0 Å². The van der Waals surface area contributed by atoms with Crippen molar-refractivity contribution in [2.75, 3.05) is 0 Å². The fraction of sp³-hybridized carbons (Fsp3) is 0.120. The second-order valence-electron chi connectivity index (χ2n) is 7.35. The Labute approximate surface area is 164 Å². The predicted octanol–water partition coefficient (Wildman–Crippen LogP) is 6.67. The van der Waals surface area contributed by atoms with Crippen molar-refractivity contribution in [1.82, 2.24) is 9.55 Å². The molecule has 4 aromatic carbocycles. The third-order valence-electron chi connectivity index (χ3n) is 5.22. The van der Waals surface area contributed by atoms with E-state index in [0.29, 0.717) is 0 Å². The third-order valence-corrected chi connectivity index (χ3v) is 5.22. The maximum absolute atomic E-state index is 4.86. The van der Waals surface area contributed by atoms with E-state index in [4.69, 9.17) is 9.98 Å². The molecule has 136 valence electrons. The van der Waals surface area contributed by atoms with Crippen molar-refractivity contribution < 1.29 is 0 Å². The molecule has 1 aromatic heterocycles. The van der Waals surface area contributed by atoms with Gasteiger partial charge in [-0.25, -0.2) is 9.98 Å². The highest BCUT2D eigenvalue weighted by atomic mass is 15.2. The number of hydrogen-bond donors (Lipinski definition) is 0. The van der Waals surface area contributed by atoms with Gasteiger partial charge in [0.1, 0.15) is 0 Å². The molecular weight excluding hydrogens is 342 g/mol. The summed E-state index contributed by atoms with van der Waals surface area (Å²) in [5.74, 6) is 0.744. The molecule has 0 radical (unpaired) electrons. The Morgan fingerprint density at radius 1 is 0.821 bits per heavy atom. The van der Waals surface area contributed by atoms with Crippen LogP contribution in [0.2, 0.25) is 0 Å². The molecule has 0 amide bonds. The first kappa shape index (κ1) is 16.7. The van der Waals surface area contributed by atoms with Gasteiger partial charge in [0.15, 0.2) is 0 Å². The van der Waals surface area contributed by atoms with Crippen LogP contribution in [0.3, 0.4) is 0 Å². The number of fused-ring (bicyclic) bond motifs is 3. The van der Waals surface area contributed by atoms with Crippen LogP contribution in [0, 0.1) is 0 Å². The highest BCUT2D eigenvalue weighted by Crippen LogP contribution is 2.29. The van der Waals surface area contributed by atoms with E-state index in [-0.39, 0.29) is 6.04 Å². The lowest BCUT2D eigenvalue weighted by Crippen LogP contribution is -2.00. The second kappa shape index (κ2) is 6.61. The Balaban J connectivity index is 1.75. The normalized spacial score (nSPS) is 12.1. The van der Waals surface area contributed by atoms with E-state index in [1.54, 1.807) is 0 Å². The summed E-state index contributed by atoms with van der Waals surface area (Å²) >= 11 is 0. The molecule has 0 bridgehead atoms. The van der Waals surface area contributed by atoms with Gasteiger partial charge >= 0.3 is 0 Å². The molecule has 0 saturated carbocycles. The summed E-state index contributed by atoms with van der Waals surface area (Å²) in [4.78, 5) is 9.64. The summed E-state index contributed by atoms with van der Waals surface area (Å²) in [6, 6.07) is 27.7. The highest BCUT2D eigenvalue weighted by molar-refractivity contribution is 6.13. The summed E-state index contributed by atoms with van der Waals surface area (Å²) in [6.07, 6.45) is 1.98. The lowest BCUT2D eigenvalue weighted by atomic mass is 9.97. The van der Waals surface area contributed by atoms with E-state index in [1.165, 1.54) is 21.5 Å². The molecule has 28 heavy (non-hydrogen) atoms. The molecule has 0 fully saturated rings. The van der Waals surface area contributed by atoms with Crippen LogP contribution < -0.4 is 0 Å². The number of nitrogens with zero attached hydrogens (tertiary/aromatic N) is 3. The summed E-state index contributed by atoms with van der Waals surface area (Å²) in [7, 11) is 0. The minimum atomic E-state index is 0.281. The molecule has 3 heteroatoms. The fourth-order valence-electron chi connectivity index (χ4n) is 3.94. The summed E-state index contributed by atoms with van der Waals surface area (Å²) in [5.41, 5.74) is 3.23. The van der Waals surface area contributed by atoms with E-state index in [2.05, 4.69) is 85.1 Å². The van der Waals surface area contributed by atoms with Crippen molar-refractivity contribution in [2.45, 2.75) is 19.9 Å². The molecular formula is C25H21N3. The monoisotopic (exact) mass is 363 g/mol. The molecule has 0 aliphatic rings. The zero-order valence-electron chi connectivity index (χ0n) is 16.0. The van der Waals surface area contributed by atoms with Gasteiger partial charge in [-0.05, 0) is 53.6 Å². The van der Waals surface area contributed by atoms with Crippen LogP contribution in [0.1, 0.15) is 25.5 Å². The van der Waals surface area contributed by atoms with E-state index >= 15 is 0 Å². The summed E-state index contributed by atoms with van der Waals surface area (Å²) in [6.45, 7) is 4.33. The van der Waals surface area contributed by atoms with Crippen LogP contribution >= 0.6 is 0 Å². The first-order valence-corrected chi connectivity index (χ1v) is 9.64. The van der Waals surface area contributed by atoms with Gasteiger partial charge in [0, 0.05) is 17.8 Å². The van der Waals surface area contributed by atoms with Gasteiger partial charge in [0.05, 0.1) is 11.0 Å². The van der Waals surface area contributed by atoms with Crippen molar-refractivity contribution in [2.24, 2.45) is 4.99 Å². The molecule has 5 rings (SSSR count). The molecule has 0 aliphatic heterocycles. The van der Waals surface area contributed by atoms with Gasteiger partial charge in [0.25, 0.3) is 0 Å². The van der Waals surface area contributed by atoms with E-state index in [1.807, 2.05) is 18.3 Å². The molecule has 0 N–H and O–H groups in total. The number of rotatable bonds is 3. The molecule has 3 nitrogen and oxygen atoms in total. The lowest BCUT2D eigenvalue weighted by molar-refractivity contribution is 0.622. The molecule has 0 unspecified atom stereocenters. The minimum absolute atomic E-state index is 0.281. The Morgan fingerprint density at radius 2 is 1.43 bits per heavy atom. The molecule has 0 spiro atoms. The molecule has 0 atom stereocenters. The maximum atomic E-state index is 4.86. The minimum Gasteiger partial charge on any atom is -0.306 e. The van der Waals surface area contributed by atoms with Crippen LogP contribution in [-0.4, -0.2) is 15.8 Å². The SMILES string of the molecule is CC(C)n1c(N=Cc2c3ccccc3cc3ccccc23)nc2ccccc21. The average molecular weight is 363 g/mol. The Kier molecular flexibility index (Phi) is 3.94. The number of para-hydroxylation sites is 2. The van der Waals surface area contributed by atoms with Crippen LogP contribution in [0.4, 0.5) is 5.95 Å². The number of imidazole rings is 1. The number of benzene rings is 4. The molecule has 1 heterocycles. The first-order chi connectivity index (χ1) is 13.7. The summed E-state index contributed by atoms with van der Waals surface area (Å²) < 4.78 is 2.19. The lowest BCUT2D eigenvalue weighted by Gasteiger charge is -2.11. The standard InChI is InChI=1S/C25H21N3/c1-17(2)28-24-14-8-7-13-23(24)27-25(28)26-16-22-20-11-5-3-9-18(20)15-19-10-4-6-12-21(19)22/h3-17H,1-2H3. The topological polar surface area (TPSA) is 30.2 Å². The van der Waals surface area contributed by atoms with Gasteiger partial charge in [-0.1, -0.05) is 60.7 Å². The summed E-state index contributed by atoms with van der Waals surface area (Å²) in [5, 5.41) is 4.86. The van der Waals surface area contributed by atoms with Crippen molar-refractivity contribution >= 4 is 44.7 Å². The number of aromatic nitrogens is 2. The third kappa shape index (κ3) is 2.67. The number of aliphatic imine (C=N–C) groups is 1. The van der Waals surface area contributed by atoms with Crippen LogP contribution in [0.15, 0.2) is 83.9 Å². The molecule has 5 aromatic rings. The highest BCUT2D eigenvalue weighted by Gasteiger charge is 2.12. The van der Waals surface area contributed by atoms with Crippen molar-refractivity contribution in [3.63, 3.8) is 0 Å². The van der Waals surface area contributed by atoms with Crippen molar-refractivity contribution in [1.29, 1.82) is 0 Å². The van der Waals surface area contributed by atoms with E-state index < -0.39 is 0 Å². The van der Waals surface area contributed by atoms with Crippen molar-refractivity contribution in [3.8, 4) is 0 Å². The Hall–Kier alpha value is -3.46. The van der Waals surface area contributed by atoms with Gasteiger partial charge in [0.2, 0.25) is 5.95 Å². The second-order valence-corrected chi connectivity index (χ2v) is 7.35. The number of hydrogen-bond acceptors (Lipinski definition) is 2. The predicted molar refractivity (Wildman–Crippen MR) is 119 cm³/mol. The Bertz CT molecular complexity index is 1290. The van der Waals surface area contributed by atoms with E-state index in [9.17, 15) is 0 Å². The largest absolute Gasteiger partial charge is 0.306 e. The Morgan fingerprint density at radius 3 is 2.11 bits per heavy atom. The zero-order valence-corrected chi connectivity index (χ0v) is 16.0. The van der Waals surface area contributed by atoms with Crippen molar-refractivity contribution in [3.05, 3.63) is 84.4 Å². The van der Waals surface area contributed by atoms with Gasteiger partial charge in [-0.2, -0.15) is 0 Å². The molecule has 0 aliphatic carbocycles. The quantitative estimate of drug-likeness (QED) is 0.260. The van der Waals surface area contributed by atoms with Crippen LogP contribution in [0.5, 0.6) is 0 Å². The van der Waals surface area contributed by atoms with Gasteiger partial charge in [-0.15, -0.1) is 0 Å². The fourth-order valence-corrected chi connectivity index (χ4v) is 3.94. The average Bonchev–Trinajstić information content (AvgIpc) is 3.09. The van der Waals surface area contributed by atoms with Crippen LogP contribution in [0.25, 0.3) is 32.6 Å². The maximum Gasteiger partial charge on any atom is 0.230 e.